The third kappa shape index (κ3) is 3.55. The maximum atomic E-state index is 13.9. The molecule has 1 fully saturated rings. The molecule has 1 atom stereocenters. The SMILES string of the molecule is CN(CC1CCCCC1)C(CN)c1cccc(F)c1F. The van der Waals surface area contributed by atoms with Crippen molar-refractivity contribution in [2.24, 2.45) is 11.7 Å². The highest BCUT2D eigenvalue weighted by molar-refractivity contribution is 5.23. The van der Waals surface area contributed by atoms with Crippen molar-refractivity contribution in [2.75, 3.05) is 20.1 Å². The van der Waals surface area contributed by atoms with Crippen LogP contribution in [0, 0.1) is 17.6 Å². The lowest BCUT2D eigenvalue weighted by Gasteiger charge is -2.32. The van der Waals surface area contributed by atoms with Crippen molar-refractivity contribution in [1.29, 1.82) is 0 Å². The highest BCUT2D eigenvalue weighted by atomic mass is 19.2. The Morgan fingerprint density at radius 3 is 2.60 bits per heavy atom. The fraction of sp³-hybridized carbons (Fsp3) is 0.625. The summed E-state index contributed by atoms with van der Waals surface area (Å²) in [6.45, 7) is 1.20. The van der Waals surface area contributed by atoms with Gasteiger partial charge in [0.25, 0.3) is 0 Å². The molecule has 1 unspecified atom stereocenters. The molecule has 0 radical (unpaired) electrons. The Morgan fingerprint density at radius 2 is 1.95 bits per heavy atom. The lowest BCUT2D eigenvalue weighted by atomic mass is 9.88. The van der Waals surface area contributed by atoms with Gasteiger partial charge in [-0.05, 0) is 31.9 Å². The molecule has 0 amide bonds. The van der Waals surface area contributed by atoms with E-state index in [1.165, 1.54) is 32.1 Å². The van der Waals surface area contributed by atoms with Crippen molar-refractivity contribution in [3.8, 4) is 0 Å². The molecule has 2 N–H and O–H groups in total. The number of likely N-dealkylation sites (N-methyl/N-ethyl adjacent to an activating group) is 1. The van der Waals surface area contributed by atoms with Crippen molar-refractivity contribution in [3.63, 3.8) is 0 Å². The zero-order chi connectivity index (χ0) is 14.5. The Morgan fingerprint density at radius 1 is 1.25 bits per heavy atom. The van der Waals surface area contributed by atoms with Crippen LogP contribution >= 0.6 is 0 Å². The minimum Gasteiger partial charge on any atom is -0.329 e. The molecule has 1 aromatic carbocycles. The number of hydrogen-bond donors (Lipinski definition) is 1. The molecule has 0 spiro atoms. The van der Waals surface area contributed by atoms with Gasteiger partial charge in [0.2, 0.25) is 0 Å². The Bertz CT molecular complexity index is 430. The van der Waals surface area contributed by atoms with Crippen LogP contribution in [0.5, 0.6) is 0 Å². The van der Waals surface area contributed by atoms with Crippen molar-refractivity contribution in [2.45, 2.75) is 38.1 Å². The van der Waals surface area contributed by atoms with Crippen LogP contribution in [0.1, 0.15) is 43.7 Å². The van der Waals surface area contributed by atoms with Crippen LogP contribution in [0.25, 0.3) is 0 Å². The summed E-state index contributed by atoms with van der Waals surface area (Å²) in [4.78, 5) is 2.08. The summed E-state index contributed by atoms with van der Waals surface area (Å²) in [5.74, 6) is -0.912. The summed E-state index contributed by atoms with van der Waals surface area (Å²) in [6.07, 6.45) is 6.33. The fourth-order valence-electron chi connectivity index (χ4n) is 3.23. The van der Waals surface area contributed by atoms with Gasteiger partial charge in [0.15, 0.2) is 11.6 Å². The zero-order valence-corrected chi connectivity index (χ0v) is 12.1. The van der Waals surface area contributed by atoms with E-state index in [2.05, 4.69) is 4.90 Å². The van der Waals surface area contributed by atoms with E-state index in [-0.39, 0.29) is 6.04 Å². The topological polar surface area (TPSA) is 29.3 Å². The van der Waals surface area contributed by atoms with Gasteiger partial charge in [-0.3, -0.25) is 4.90 Å². The smallest absolute Gasteiger partial charge is 0.163 e. The minimum atomic E-state index is -0.799. The van der Waals surface area contributed by atoms with Crippen LogP contribution in [0.4, 0.5) is 8.78 Å². The van der Waals surface area contributed by atoms with E-state index in [0.29, 0.717) is 18.0 Å². The van der Waals surface area contributed by atoms with Crippen LogP contribution < -0.4 is 5.73 Å². The van der Waals surface area contributed by atoms with Gasteiger partial charge in [-0.15, -0.1) is 0 Å². The van der Waals surface area contributed by atoms with Gasteiger partial charge < -0.3 is 5.73 Å². The summed E-state index contributed by atoms with van der Waals surface area (Å²) in [6, 6.07) is 4.07. The number of rotatable bonds is 5. The van der Waals surface area contributed by atoms with Gasteiger partial charge in [0.1, 0.15) is 0 Å². The molecule has 2 rings (SSSR count). The van der Waals surface area contributed by atoms with Crippen LogP contribution in [-0.4, -0.2) is 25.0 Å². The second-order valence-corrected chi connectivity index (χ2v) is 5.84. The first-order valence-corrected chi connectivity index (χ1v) is 7.47. The standard InChI is InChI=1S/C16H24F2N2/c1-20(11-12-6-3-2-4-7-12)15(10-19)13-8-5-9-14(17)16(13)18/h5,8-9,12,15H,2-4,6-7,10-11,19H2,1H3. The Balaban J connectivity index is 2.08. The molecule has 1 saturated carbocycles. The van der Waals surface area contributed by atoms with Gasteiger partial charge in [-0.1, -0.05) is 31.4 Å². The van der Waals surface area contributed by atoms with Crippen LogP contribution in [0.3, 0.4) is 0 Å². The number of halogens is 2. The molecular weight excluding hydrogens is 258 g/mol. The molecule has 2 nitrogen and oxygen atoms in total. The monoisotopic (exact) mass is 282 g/mol. The van der Waals surface area contributed by atoms with E-state index < -0.39 is 11.6 Å². The predicted octanol–water partition coefficient (Wildman–Crippen LogP) is 3.48. The Hall–Kier alpha value is -1.00. The van der Waals surface area contributed by atoms with Gasteiger partial charge in [0, 0.05) is 24.7 Å². The van der Waals surface area contributed by atoms with Crippen LogP contribution in [0.2, 0.25) is 0 Å². The Labute approximate surface area is 120 Å². The van der Waals surface area contributed by atoms with Crippen molar-refractivity contribution < 1.29 is 8.78 Å². The molecule has 0 bridgehead atoms. The summed E-state index contributed by atoms with van der Waals surface area (Å²) in [7, 11) is 1.95. The van der Waals surface area contributed by atoms with Gasteiger partial charge in [-0.2, -0.15) is 0 Å². The third-order valence-corrected chi connectivity index (χ3v) is 4.37. The maximum absolute atomic E-state index is 13.9. The van der Waals surface area contributed by atoms with Crippen molar-refractivity contribution >= 4 is 0 Å². The second kappa shape index (κ2) is 7.14. The molecule has 0 saturated heterocycles. The third-order valence-electron chi connectivity index (χ3n) is 4.37. The molecule has 0 aromatic heterocycles. The average Bonchev–Trinajstić information content (AvgIpc) is 2.45. The summed E-state index contributed by atoms with van der Waals surface area (Å²) < 4.78 is 27.3. The first-order chi connectivity index (χ1) is 9.63. The molecule has 112 valence electrons. The first kappa shape index (κ1) is 15.4. The van der Waals surface area contributed by atoms with E-state index in [4.69, 9.17) is 5.73 Å². The number of nitrogens with zero attached hydrogens (tertiary/aromatic N) is 1. The number of benzene rings is 1. The van der Waals surface area contributed by atoms with Gasteiger partial charge in [0.05, 0.1) is 0 Å². The molecule has 0 heterocycles. The normalized spacial score (nSPS) is 18.4. The number of nitrogens with two attached hydrogens (primary N) is 1. The lowest BCUT2D eigenvalue weighted by Crippen LogP contribution is -2.35. The van der Waals surface area contributed by atoms with E-state index in [1.807, 2.05) is 7.05 Å². The Kier molecular flexibility index (Phi) is 5.49. The quantitative estimate of drug-likeness (QED) is 0.896. The van der Waals surface area contributed by atoms with E-state index in [0.717, 1.165) is 12.6 Å². The average molecular weight is 282 g/mol. The summed E-state index contributed by atoms with van der Waals surface area (Å²) >= 11 is 0. The highest BCUT2D eigenvalue weighted by Crippen LogP contribution is 2.28. The summed E-state index contributed by atoms with van der Waals surface area (Å²) in [5, 5.41) is 0. The maximum Gasteiger partial charge on any atom is 0.163 e. The van der Waals surface area contributed by atoms with Crippen LogP contribution in [-0.2, 0) is 0 Å². The van der Waals surface area contributed by atoms with Gasteiger partial charge >= 0.3 is 0 Å². The fourth-order valence-corrected chi connectivity index (χ4v) is 3.23. The second-order valence-electron chi connectivity index (χ2n) is 5.84. The minimum absolute atomic E-state index is 0.257. The largest absolute Gasteiger partial charge is 0.329 e. The molecule has 1 aromatic rings. The molecule has 1 aliphatic carbocycles. The van der Waals surface area contributed by atoms with E-state index in [1.54, 1.807) is 12.1 Å². The predicted molar refractivity (Wildman–Crippen MR) is 77.4 cm³/mol. The van der Waals surface area contributed by atoms with E-state index in [9.17, 15) is 8.78 Å². The van der Waals surface area contributed by atoms with Crippen molar-refractivity contribution in [1.82, 2.24) is 4.90 Å². The van der Waals surface area contributed by atoms with Gasteiger partial charge in [-0.25, -0.2) is 8.78 Å². The molecule has 0 aliphatic heterocycles. The molecule has 4 heteroatoms. The molecule has 20 heavy (non-hydrogen) atoms. The number of hydrogen-bond acceptors (Lipinski definition) is 2. The first-order valence-electron chi connectivity index (χ1n) is 7.47. The molecule has 1 aliphatic rings. The van der Waals surface area contributed by atoms with Crippen LogP contribution in [0.15, 0.2) is 18.2 Å². The molecular formula is C16H24F2N2. The van der Waals surface area contributed by atoms with Crippen molar-refractivity contribution in [3.05, 3.63) is 35.4 Å². The lowest BCUT2D eigenvalue weighted by molar-refractivity contribution is 0.182. The van der Waals surface area contributed by atoms with E-state index >= 15 is 0 Å². The zero-order valence-electron chi connectivity index (χ0n) is 12.1. The highest BCUT2D eigenvalue weighted by Gasteiger charge is 2.24. The summed E-state index contributed by atoms with van der Waals surface area (Å²) in [5.41, 5.74) is 6.17.